The molecule has 0 N–H and O–H groups in total. The van der Waals surface area contributed by atoms with Crippen LogP contribution in [0.4, 0.5) is 0 Å². The molecule has 0 aromatic carbocycles. The number of hydrogen-bond acceptors (Lipinski definition) is 0. The van der Waals surface area contributed by atoms with Crippen LogP contribution in [0.5, 0.6) is 0 Å². The van der Waals surface area contributed by atoms with Crippen LogP contribution >= 0.6 is 11.2 Å². The van der Waals surface area contributed by atoms with Gasteiger partial charge in [0.2, 0.25) is 0 Å². The molecule has 0 aromatic heterocycles. The molecule has 0 aliphatic heterocycles. The SMILES string of the molecule is C#SC.CCCC. The second-order valence-corrected chi connectivity index (χ2v) is 1.71. The molecule has 7 heavy (non-hydrogen) atoms. The van der Waals surface area contributed by atoms with Crippen molar-refractivity contribution in [2.75, 3.05) is 6.26 Å². The molecule has 0 aliphatic carbocycles. The van der Waals surface area contributed by atoms with E-state index in [-0.39, 0.29) is 0 Å². The third-order valence-corrected chi connectivity index (χ3v) is 0.500. The number of hydrogen-bond donors (Lipinski definition) is 0. The Bertz CT molecular complexity index is 40.6. The minimum Gasteiger partial charge on any atom is -0.142 e. The molecule has 0 nitrogen and oxygen atoms in total. The highest BCUT2D eigenvalue weighted by molar-refractivity contribution is 7.87. The molecule has 0 amide bonds. The molecule has 0 fully saturated rings. The van der Waals surface area contributed by atoms with Crippen LogP contribution in [0.2, 0.25) is 0 Å². The monoisotopic (exact) mass is 118 g/mol. The Morgan fingerprint density at radius 1 is 1.29 bits per heavy atom. The Morgan fingerprint density at radius 3 is 1.43 bits per heavy atom. The average molecular weight is 118 g/mol. The van der Waals surface area contributed by atoms with E-state index in [1.54, 1.807) is 0 Å². The first-order valence-electron chi connectivity index (χ1n) is 2.56. The molecule has 0 heterocycles. The highest BCUT2D eigenvalue weighted by Gasteiger charge is 1.56. The maximum absolute atomic E-state index is 4.76. The summed E-state index contributed by atoms with van der Waals surface area (Å²) in [7, 11) is 0. The molecule has 0 spiro atoms. The van der Waals surface area contributed by atoms with Crippen molar-refractivity contribution in [1.82, 2.24) is 0 Å². The van der Waals surface area contributed by atoms with Crippen LogP contribution in [0.25, 0.3) is 0 Å². The van der Waals surface area contributed by atoms with E-state index in [9.17, 15) is 0 Å². The largest absolute Gasteiger partial charge is 0.142 e. The molecule has 0 radical (unpaired) electrons. The van der Waals surface area contributed by atoms with Gasteiger partial charge in [0.05, 0.1) is 0 Å². The maximum atomic E-state index is 4.76. The van der Waals surface area contributed by atoms with Crippen LogP contribution in [0, 0.1) is 5.69 Å². The van der Waals surface area contributed by atoms with E-state index in [0.717, 1.165) is 0 Å². The van der Waals surface area contributed by atoms with Gasteiger partial charge in [-0.25, -0.2) is 0 Å². The number of rotatable bonds is 1. The van der Waals surface area contributed by atoms with E-state index in [0.29, 0.717) is 0 Å². The maximum Gasteiger partial charge on any atom is 0.00606 e. The Balaban J connectivity index is 0. The van der Waals surface area contributed by atoms with E-state index >= 15 is 0 Å². The molecule has 0 aliphatic rings. The molecule has 44 valence electrons. The van der Waals surface area contributed by atoms with Gasteiger partial charge >= 0.3 is 0 Å². The van der Waals surface area contributed by atoms with Gasteiger partial charge in [0.15, 0.2) is 0 Å². The van der Waals surface area contributed by atoms with E-state index in [1.165, 1.54) is 24.0 Å². The van der Waals surface area contributed by atoms with Crippen molar-refractivity contribution in [3.8, 4) is 5.69 Å². The summed E-state index contributed by atoms with van der Waals surface area (Å²) in [5.74, 6) is 0. The van der Waals surface area contributed by atoms with Gasteiger partial charge in [-0.15, -0.1) is 16.9 Å². The van der Waals surface area contributed by atoms with E-state index < -0.39 is 0 Å². The van der Waals surface area contributed by atoms with Crippen LogP contribution in [0.3, 0.4) is 0 Å². The standard InChI is InChI=1S/C4H10.C2H4S/c1-3-4-2;1-3-2/h3-4H2,1-2H3;1H,2H3. The highest BCUT2D eigenvalue weighted by atomic mass is 32.1. The summed E-state index contributed by atoms with van der Waals surface area (Å²) >= 11 is 1.25. The first kappa shape index (κ1) is 10.1. The van der Waals surface area contributed by atoms with E-state index in [2.05, 4.69) is 13.8 Å². The first-order chi connectivity index (χ1) is 3.33. The van der Waals surface area contributed by atoms with Crippen molar-refractivity contribution in [2.24, 2.45) is 0 Å². The second kappa shape index (κ2) is 16.7. The van der Waals surface area contributed by atoms with Crippen LogP contribution in [0.15, 0.2) is 0 Å². The molecule has 0 rings (SSSR count). The molecule has 0 unspecified atom stereocenters. The molecule has 1 heteroatoms. The summed E-state index contributed by atoms with van der Waals surface area (Å²) < 4.78 is 0. The lowest BCUT2D eigenvalue weighted by molar-refractivity contribution is 0.886. The Kier molecular flexibility index (Phi) is 24.0. The zero-order valence-electron chi connectivity index (χ0n) is 5.40. The fourth-order valence-corrected chi connectivity index (χ4v) is 0. The summed E-state index contributed by atoms with van der Waals surface area (Å²) in [6, 6.07) is 0. The van der Waals surface area contributed by atoms with Gasteiger partial charge in [-0.3, -0.25) is 0 Å². The van der Waals surface area contributed by atoms with Crippen molar-refractivity contribution in [2.45, 2.75) is 26.7 Å². The molecule has 0 aromatic rings. The lowest BCUT2D eigenvalue weighted by Gasteiger charge is -1.68. The predicted octanol–water partition coefficient (Wildman–Crippen LogP) is 2.74. The smallest absolute Gasteiger partial charge is 0.00606 e. The summed E-state index contributed by atoms with van der Waals surface area (Å²) in [6.07, 6.45) is 4.46. The minimum absolute atomic E-state index is 1.25. The normalized spacial score (nSPS) is 6.00. The van der Waals surface area contributed by atoms with Crippen LogP contribution < -0.4 is 0 Å². The molecular formula is C6H14S. The lowest BCUT2D eigenvalue weighted by Crippen LogP contribution is -1.47. The molecule has 0 bridgehead atoms. The fraction of sp³-hybridized carbons (Fsp3) is 0.833. The van der Waals surface area contributed by atoms with Crippen molar-refractivity contribution < 1.29 is 0 Å². The van der Waals surface area contributed by atoms with E-state index in [1.807, 2.05) is 6.26 Å². The van der Waals surface area contributed by atoms with Crippen molar-refractivity contribution in [3.05, 3.63) is 0 Å². The van der Waals surface area contributed by atoms with Crippen LogP contribution in [0.1, 0.15) is 26.7 Å². The van der Waals surface area contributed by atoms with Crippen molar-refractivity contribution in [3.63, 3.8) is 0 Å². The minimum atomic E-state index is 1.25. The third kappa shape index (κ3) is 96.0. The predicted molar refractivity (Wildman–Crippen MR) is 39.0 cm³/mol. The van der Waals surface area contributed by atoms with Gasteiger partial charge in [-0.1, -0.05) is 26.7 Å². The first-order valence-corrected chi connectivity index (χ1v) is 3.85. The topological polar surface area (TPSA) is 0 Å². The fourth-order valence-electron chi connectivity index (χ4n) is 0. The van der Waals surface area contributed by atoms with Gasteiger partial charge in [0, 0.05) is 6.26 Å². The quantitative estimate of drug-likeness (QED) is 0.496. The molecule has 0 atom stereocenters. The highest BCUT2D eigenvalue weighted by Crippen LogP contribution is 1.76. The summed E-state index contributed by atoms with van der Waals surface area (Å²) in [6.45, 7) is 4.36. The summed E-state index contributed by atoms with van der Waals surface area (Å²) in [4.78, 5) is 0. The number of unbranched alkanes of at least 4 members (excludes halogenated alkanes) is 1. The van der Waals surface area contributed by atoms with Crippen molar-refractivity contribution in [1.29, 1.82) is 0 Å². The Hall–Kier alpha value is 0. The van der Waals surface area contributed by atoms with Crippen LogP contribution in [-0.4, -0.2) is 6.26 Å². The van der Waals surface area contributed by atoms with Crippen LogP contribution in [-0.2, 0) is 0 Å². The lowest BCUT2D eigenvalue weighted by atomic mass is 10.4. The van der Waals surface area contributed by atoms with E-state index in [4.69, 9.17) is 5.69 Å². The summed E-state index contributed by atoms with van der Waals surface area (Å²) in [5, 5.41) is 0. The van der Waals surface area contributed by atoms with Gasteiger partial charge < -0.3 is 0 Å². The Labute approximate surface area is 50.5 Å². The summed E-state index contributed by atoms with van der Waals surface area (Å²) in [5.41, 5.74) is 4.76. The zero-order valence-corrected chi connectivity index (χ0v) is 6.22. The van der Waals surface area contributed by atoms with Gasteiger partial charge in [0.1, 0.15) is 0 Å². The Morgan fingerprint density at radius 2 is 1.43 bits per heavy atom. The zero-order chi connectivity index (χ0) is 6.12. The third-order valence-electron chi connectivity index (χ3n) is 0.500. The molecular weight excluding hydrogens is 104 g/mol. The average Bonchev–Trinajstić information content (AvgIpc) is 1.69. The second-order valence-electron chi connectivity index (χ2n) is 1.24. The van der Waals surface area contributed by atoms with Crippen molar-refractivity contribution >= 4 is 11.2 Å². The molecule has 0 saturated heterocycles. The van der Waals surface area contributed by atoms with Gasteiger partial charge in [0.25, 0.3) is 0 Å². The van der Waals surface area contributed by atoms with Gasteiger partial charge in [-0.05, 0) is 0 Å². The van der Waals surface area contributed by atoms with Gasteiger partial charge in [-0.2, -0.15) is 0 Å². The molecule has 0 saturated carbocycles.